The van der Waals surface area contributed by atoms with Crippen molar-refractivity contribution in [2.24, 2.45) is 5.73 Å². The molecule has 0 saturated heterocycles. The van der Waals surface area contributed by atoms with Crippen LogP contribution in [0.5, 0.6) is 0 Å². The Balaban J connectivity index is 0.00000400. The minimum Gasteiger partial charge on any atom is -1.00 e. The van der Waals surface area contributed by atoms with Crippen LogP contribution in [-0.4, -0.2) is 30.7 Å². The fraction of sp³-hybridized carbons (Fsp3) is 0.667. The van der Waals surface area contributed by atoms with Crippen LogP contribution in [0.25, 0.3) is 0 Å². The first-order chi connectivity index (χ1) is 9.74. The van der Waals surface area contributed by atoms with Crippen molar-refractivity contribution in [1.82, 2.24) is 0 Å². The van der Waals surface area contributed by atoms with Crippen molar-refractivity contribution in [3.8, 4) is 0 Å². The van der Waals surface area contributed by atoms with Gasteiger partial charge in [-0.15, -0.1) is 0 Å². The predicted octanol–water partition coefficient (Wildman–Crippen LogP) is 1.13. The third-order valence-corrected chi connectivity index (χ3v) is 4.76. The first-order valence-corrected chi connectivity index (χ1v) is 8.34. The average molecular weight is 313 g/mol. The molecule has 122 valence electrons. The highest BCUT2D eigenvalue weighted by Crippen LogP contribution is 2.33. The number of unbranched alkanes of at least 4 members (excludes halogenated alkanes) is 2. The fourth-order valence-electron chi connectivity index (χ4n) is 3.41. The molecule has 1 rings (SSSR count). The monoisotopic (exact) mass is 312 g/mol. The van der Waals surface area contributed by atoms with Crippen LogP contribution in [0.3, 0.4) is 0 Å². The third-order valence-electron chi connectivity index (χ3n) is 4.76. The van der Waals surface area contributed by atoms with Crippen molar-refractivity contribution in [2.45, 2.75) is 52.5 Å². The third kappa shape index (κ3) is 5.61. The number of hydrogen-bond donors (Lipinski definition) is 1. The number of halogens is 1. The maximum atomic E-state index is 5.92. The number of benzene rings is 1. The summed E-state index contributed by atoms with van der Waals surface area (Å²) in [6, 6.07) is 11.6. The van der Waals surface area contributed by atoms with E-state index in [0.29, 0.717) is 6.04 Å². The van der Waals surface area contributed by atoms with E-state index in [2.05, 4.69) is 51.1 Å². The molecule has 3 heteroatoms. The van der Waals surface area contributed by atoms with Crippen LogP contribution in [0.1, 0.15) is 58.1 Å². The largest absolute Gasteiger partial charge is 1.00 e. The van der Waals surface area contributed by atoms with Gasteiger partial charge in [0.15, 0.2) is 0 Å². The van der Waals surface area contributed by atoms with Crippen LogP contribution < -0.4 is 18.1 Å². The van der Waals surface area contributed by atoms with Gasteiger partial charge in [0, 0.05) is 18.5 Å². The smallest absolute Gasteiger partial charge is 0.115 e. The lowest BCUT2D eigenvalue weighted by molar-refractivity contribution is -0.953. The molecule has 1 aromatic rings. The lowest BCUT2D eigenvalue weighted by atomic mass is 9.96. The summed E-state index contributed by atoms with van der Waals surface area (Å²) in [6.07, 6.45) is 5.22. The second kappa shape index (κ2) is 11.1. The van der Waals surface area contributed by atoms with E-state index < -0.39 is 0 Å². The molecule has 1 aromatic carbocycles. The molecule has 0 spiro atoms. The molecular formula is C18H33ClN2. The van der Waals surface area contributed by atoms with Gasteiger partial charge in [0.05, 0.1) is 19.6 Å². The molecular weight excluding hydrogens is 280 g/mol. The molecule has 0 heterocycles. The van der Waals surface area contributed by atoms with Gasteiger partial charge in [0.2, 0.25) is 0 Å². The van der Waals surface area contributed by atoms with Crippen LogP contribution >= 0.6 is 0 Å². The van der Waals surface area contributed by atoms with Crippen molar-refractivity contribution >= 4 is 0 Å². The van der Waals surface area contributed by atoms with Crippen LogP contribution in [0.15, 0.2) is 30.3 Å². The molecule has 2 nitrogen and oxygen atoms in total. The summed E-state index contributed by atoms with van der Waals surface area (Å²) in [4.78, 5) is 0. The van der Waals surface area contributed by atoms with Crippen LogP contribution in [0, 0.1) is 0 Å². The second-order valence-corrected chi connectivity index (χ2v) is 5.79. The van der Waals surface area contributed by atoms with Gasteiger partial charge in [-0.1, -0.05) is 50.1 Å². The highest BCUT2D eigenvalue weighted by molar-refractivity contribution is 5.17. The topological polar surface area (TPSA) is 26.0 Å². The van der Waals surface area contributed by atoms with Crippen LogP contribution in [0.2, 0.25) is 0 Å². The SMILES string of the molecule is CCCCCC(c1ccccc1)[N+](CC)(CC)CCN.[Cl-]. The molecule has 0 aliphatic heterocycles. The Kier molecular flexibility index (Phi) is 10.8. The molecule has 0 amide bonds. The van der Waals surface area contributed by atoms with E-state index in [0.717, 1.165) is 17.6 Å². The van der Waals surface area contributed by atoms with Gasteiger partial charge in [-0.3, -0.25) is 0 Å². The number of nitrogens with two attached hydrogens (primary N) is 1. The summed E-state index contributed by atoms with van der Waals surface area (Å²) >= 11 is 0. The van der Waals surface area contributed by atoms with Crippen LogP contribution in [0.4, 0.5) is 0 Å². The Bertz CT molecular complexity index is 349. The zero-order valence-electron chi connectivity index (χ0n) is 14.0. The van der Waals surface area contributed by atoms with Gasteiger partial charge in [-0.2, -0.15) is 0 Å². The number of quaternary nitrogens is 1. The zero-order valence-corrected chi connectivity index (χ0v) is 14.8. The molecule has 2 N–H and O–H groups in total. The van der Waals surface area contributed by atoms with Crippen LogP contribution in [-0.2, 0) is 0 Å². The minimum atomic E-state index is 0. The van der Waals surface area contributed by atoms with Gasteiger partial charge in [-0.05, 0) is 20.3 Å². The van der Waals surface area contributed by atoms with E-state index in [9.17, 15) is 0 Å². The van der Waals surface area contributed by atoms with E-state index in [1.165, 1.54) is 44.3 Å². The van der Waals surface area contributed by atoms with E-state index in [4.69, 9.17) is 5.73 Å². The van der Waals surface area contributed by atoms with Gasteiger partial charge in [0.1, 0.15) is 6.04 Å². The van der Waals surface area contributed by atoms with Crippen molar-refractivity contribution in [3.63, 3.8) is 0 Å². The van der Waals surface area contributed by atoms with Crippen molar-refractivity contribution in [2.75, 3.05) is 26.2 Å². The predicted molar refractivity (Wildman–Crippen MR) is 88.6 cm³/mol. The lowest BCUT2D eigenvalue weighted by Crippen LogP contribution is -3.00. The fourth-order valence-corrected chi connectivity index (χ4v) is 3.41. The Morgan fingerprint density at radius 3 is 2.10 bits per heavy atom. The molecule has 0 saturated carbocycles. The Morgan fingerprint density at radius 2 is 1.62 bits per heavy atom. The lowest BCUT2D eigenvalue weighted by Gasteiger charge is -2.44. The molecule has 0 bridgehead atoms. The Labute approximate surface area is 137 Å². The first-order valence-electron chi connectivity index (χ1n) is 8.34. The molecule has 0 aliphatic carbocycles. The zero-order chi connectivity index (χ0) is 14.8. The number of nitrogens with zero attached hydrogens (tertiary/aromatic N) is 1. The van der Waals surface area contributed by atoms with Gasteiger partial charge >= 0.3 is 0 Å². The van der Waals surface area contributed by atoms with E-state index in [1.54, 1.807) is 0 Å². The highest BCUT2D eigenvalue weighted by atomic mass is 35.5. The molecule has 1 atom stereocenters. The maximum absolute atomic E-state index is 5.92. The standard InChI is InChI=1S/C18H33N2.ClH/c1-4-7-9-14-18(17-12-10-8-11-13-17)20(5-2,6-3)16-15-19;/h8,10-13,18H,4-7,9,14-16,19H2,1-3H3;1H/q+1;/p-1. The van der Waals surface area contributed by atoms with E-state index in [-0.39, 0.29) is 12.4 Å². The van der Waals surface area contributed by atoms with Crippen molar-refractivity contribution < 1.29 is 16.9 Å². The maximum Gasteiger partial charge on any atom is 0.115 e. The molecule has 0 fully saturated rings. The molecule has 0 aliphatic rings. The minimum absolute atomic E-state index is 0. The van der Waals surface area contributed by atoms with Gasteiger partial charge < -0.3 is 22.6 Å². The average Bonchev–Trinajstić information content (AvgIpc) is 2.51. The summed E-state index contributed by atoms with van der Waals surface area (Å²) < 4.78 is 1.13. The van der Waals surface area contributed by atoms with E-state index in [1.807, 2.05) is 0 Å². The molecule has 21 heavy (non-hydrogen) atoms. The van der Waals surface area contributed by atoms with Gasteiger partial charge in [-0.25, -0.2) is 0 Å². The second-order valence-electron chi connectivity index (χ2n) is 5.79. The molecule has 0 radical (unpaired) electrons. The number of rotatable bonds is 10. The number of hydrogen-bond acceptors (Lipinski definition) is 1. The summed E-state index contributed by atoms with van der Waals surface area (Å²) in [5, 5.41) is 0. The van der Waals surface area contributed by atoms with Crippen molar-refractivity contribution in [3.05, 3.63) is 35.9 Å². The highest BCUT2D eigenvalue weighted by Gasteiger charge is 2.33. The summed E-state index contributed by atoms with van der Waals surface area (Å²) in [5.41, 5.74) is 7.41. The summed E-state index contributed by atoms with van der Waals surface area (Å²) in [7, 11) is 0. The quantitative estimate of drug-likeness (QED) is 0.509. The normalized spacial score (nSPS) is 12.8. The van der Waals surface area contributed by atoms with Gasteiger partial charge in [0.25, 0.3) is 0 Å². The first kappa shape index (κ1) is 20.4. The summed E-state index contributed by atoms with van der Waals surface area (Å²) in [5.74, 6) is 0. The number of likely N-dealkylation sites (N-methyl/N-ethyl adjacent to an activating group) is 1. The van der Waals surface area contributed by atoms with Crippen molar-refractivity contribution in [1.29, 1.82) is 0 Å². The Morgan fingerprint density at radius 1 is 1.00 bits per heavy atom. The summed E-state index contributed by atoms with van der Waals surface area (Å²) in [6.45, 7) is 11.1. The Hall–Kier alpha value is -0.570. The van der Waals surface area contributed by atoms with E-state index >= 15 is 0 Å². The molecule has 0 aromatic heterocycles. The molecule has 1 unspecified atom stereocenters.